The van der Waals surface area contributed by atoms with Gasteiger partial charge in [-0.1, -0.05) is 0 Å². The number of nitrogens with one attached hydrogen (secondary N) is 1. The Kier molecular flexibility index (Phi) is 4.31. The van der Waals surface area contributed by atoms with Crippen LogP contribution in [0.2, 0.25) is 0 Å². The van der Waals surface area contributed by atoms with Gasteiger partial charge in [-0.25, -0.2) is 4.98 Å². The Morgan fingerprint density at radius 1 is 1.42 bits per heavy atom. The summed E-state index contributed by atoms with van der Waals surface area (Å²) in [5, 5.41) is 12.8. The molecule has 0 aliphatic heterocycles. The number of aryl methyl sites for hydroxylation is 2. The van der Waals surface area contributed by atoms with E-state index in [1.165, 1.54) is 24.2 Å². The van der Waals surface area contributed by atoms with E-state index in [-0.39, 0.29) is 12.1 Å². The third kappa shape index (κ3) is 2.84. The number of fused-ring (bicyclic) bond motifs is 1. The molecule has 4 heteroatoms. The molecule has 1 heterocycles. The third-order valence-corrected chi connectivity index (χ3v) is 4.49. The Balaban J connectivity index is 2.24. The summed E-state index contributed by atoms with van der Waals surface area (Å²) >= 11 is 0. The van der Waals surface area contributed by atoms with Crippen LogP contribution in [0.5, 0.6) is 0 Å². The van der Waals surface area contributed by atoms with Crippen LogP contribution in [0.4, 0.5) is 0 Å². The Hall–Kier alpha value is -0.870. The van der Waals surface area contributed by atoms with E-state index in [1.54, 1.807) is 0 Å². The lowest BCUT2D eigenvalue weighted by molar-refractivity contribution is 0.158. The fraction of sp³-hybridized carbons (Fsp3) is 0.800. The predicted octanol–water partition coefficient (Wildman–Crippen LogP) is 1.99. The lowest BCUT2D eigenvalue weighted by Gasteiger charge is -2.32. The minimum Gasteiger partial charge on any atom is -0.394 e. The van der Waals surface area contributed by atoms with Gasteiger partial charge in [0.2, 0.25) is 0 Å². The summed E-state index contributed by atoms with van der Waals surface area (Å²) in [6.45, 7) is 6.56. The summed E-state index contributed by atoms with van der Waals surface area (Å²) in [5.74, 6) is 1.12. The summed E-state index contributed by atoms with van der Waals surface area (Å²) in [6, 6.07) is 0.360. The van der Waals surface area contributed by atoms with Crippen molar-refractivity contribution < 1.29 is 5.11 Å². The number of aliphatic hydroxyl groups is 1. The zero-order valence-electron chi connectivity index (χ0n) is 12.7. The van der Waals surface area contributed by atoms with E-state index in [2.05, 4.69) is 30.7 Å². The highest BCUT2D eigenvalue weighted by Crippen LogP contribution is 2.29. The lowest BCUT2D eigenvalue weighted by Crippen LogP contribution is -2.45. The zero-order valence-corrected chi connectivity index (χ0v) is 12.7. The monoisotopic (exact) mass is 265 g/mol. The quantitative estimate of drug-likeness (QED) is 0.856. The maximum atomic E-state index is 9.55. The van der Waals surface area contributed by atoms with E-state index >= 15 is 0 Å². The van der Waals surface area contributed by atoms with Crippen molar-refractivity contribution >= 4 is 0 Å². The molecule has 0 saturated heterocycles. The molecule has 2 rings (SSSR count). The van der Waals surface area contributed by atoms with E-state index in [1.807, 2.05) is 7.05 Å². The first kappa shape index (κ1) is 14.5. The van der Waals surface area contributed by atoms with Crippen LogP contribution in [0.3, 0.4) is 0 Å². The molecule has 19 heavy (non-hydrogen) atoms. The van der Waals surface area contributed by atoms with Crippen LogP contribution in [0, 0.1) is 6.92 Å². The second-order valence-corrected chi connectivity index (χ2v) is 6.15. The zero-order chi connectivity index (χ0) is 14.0. The highest BCUT2D eigenvalue weighted by molar-refractivity contribution is 5.21. The molecular weight excluding hydrogens is 238 g/mol. The van der Waals surface area contributed by atoms with Crippen LogP contribution < -0.4 is 5.32 Å². The van der Waals surface area contributed by atoms with Crippen molar-refractivity contribution in [2.24, 2.45) is 0 Å². The molecule has 0 saturated carbocycles. The Morgan fingerprint density at radius 3 is 2.74 bits per heavy atom. The number of nitrogens with zero attached hydrogens (tertiary/aromatic N) is 2. The van der Waals surface area contributed by atoms with Crippen molar-refractivity contribution in [2.75, 3.05) is 13.7 Å². The predicted molar refractivity (Wildman–Crippen MR) is 77.5 cm³/mol. The summed E-state index contributed by atoms with van der Waals surface area (Å²) in [4.78, 5) is 4.73. The molecule has 2 N–H and O–H groups in total. The molecule has 0 amide bonds. The normalized spacial score (nSPS) is 19.8. The van der Waals surface area contributed by atoms with Gasteiger partial charge in [-0.05, 0) is 59.9 Å². The molecule has 0 spiro atoms. The highest BCUT2D eigenvalue weighted by Gasteiger charge is 2.27. The van der Waals surface area contributed by atoms with E-state index < -0.39 is 0 Å². The largest absolute Gasteiger partial charge is 0.394 e. The van der Waals surface area contributed by atoms with Gasteiger partial charge in [0.25, 0.3) is 0 Å². The van der Waals surface area contributed by atoms with Crippen LogP contribution in [0.15, 0.2) is 0 Å². The fourth-order valence-electron chi connectivity index (χ4n) is 3.27. The first-order valence-electron chi connectivity index (χ1n) is 7.37. The van der Waals surface area contributed by atoms with E-state index in [0.717, 1.165) is 25.1 Å². The topological polar surface area (TPSA) is 50.1 Å². The smallest absolute Gasteiger partial charge is 0.106 e. The highest BCUT2D eigenvalue weighted by atomic mass is 16.3. The van der Waals surface area contributed by atoms with Gasteiger partial charge in [0.15, 0.2) is 0 Å². The molecular formula is C15H27N3O. The SMILES string of the molecule is CNC(C)(CO)CC(C)n1c(C)nc2c1CCCC2. The lowest BCUT2D eigenvalue weighted by atomic mass is 9.93. The van der Waals surface area contributed by atoms with Crippen LogP contribution in [-0.2, 0) is 12.8 Å². The van der Waals surface area contributed by atoms with Crippen molar-refractivity contribution in [1.29, 1.82) is 0 Å². The number of hydrogen-bond acceptors (Lipinski definition) is 3. The van der Waals surface area contributed by atoms with Gasteiger partial charge in [-0.3, -0.25) is 0 Å². The summed E-state index contributed by atoms with van der Waals surface area (Å²) in [7, 11) is 1.92. The average Bonchev–Trinajstić information content (AvgIpc) is 2.74. The van der Waals surface area contributed by atoms with Gasteiger partial charge < -0.3 is 15.0 Å². The molecule has 1 aliphatic rings. The second-order valence-electron chi connectivity index (χ2n) is 6.15. The maximum Gasteiger partial charge on any atom is 0.106 e. The number of hydrogen-bond donors (Lipinski definition) is 2. The molecule has 2 atom stereocenters. The molecule has 1 aromatic heterocycles. The second kappa shape index (κ2) is 5.63. The van der Waals surface area contributed by atoms with Gasteiger partial charge >= 0.3 is 0 Å². The van der Waals surface area contributed by atoms with Crippen molar-refractivity contribution in [3.63, 3.8) is 0 Å². The van der Waals surface area contributed by atoms with Crippen LogP contribution >= 0.6 is 0 Å². The molecule has 0 bridgehead atoms. The fourth-order valence-corrected chi connectivity index (χ4v) is 3.27. The van der Waals surface area contributed by atoms with Gasteiger partial charge in [-0.2, -0.15) is 0 Å². The molecule has 0 aromatic carbocycles. The number of aliphatic hydroxyl groups excluding tert-OH is 1. The standard InChI is InChI=1S/C15H27N3O/c1-11(9-15(3,10-19)16-4)18-12(2)17-13-7-5-6-8-14(13)18/h11,16,19H,5-10H2,1-4H3. The van der Waals surface area contributed by atoms with Crippen LogP contribution in [0.25, 0.3) is 0 Å². The molecule has 0 fully saturated rings. The Morgan fingerprint density at radius 2 is 2.11 bits per heavy atom. The van der Waals surface area contributed by atoms with Crippen molar-refractivity contribution in [3.05, 3.63) is 17.2 Å². The summed E-state index contributed by atoms with van der Waals surface area (Å²) in [5.41, 5.74) is 2.50. The number of rotatable bonds is 5. The minimum atomic E-state index is -0.225. The van der Waals surface area contributed by atoms with Crippen LogP contribution in [0.1, 0.15) is 56.4 Å². The molecule has 2 unspecified atom stereocenters. The number of aromatic nitrogens is 2. The van der Waals surface area contributed by atoms with E-state index in [0.29, 0.717) is 6.04 Å². The number of imidazole rings is 1. The number of likely N-dealkylation sites (N-methyl/N-ethyl adjacent to an activating group) is 1. The van der Waals surface area contributed by atoms with E-state index in [9.17, 15) is 5.11 Å². The molecule has 108 valence electrons. The molecule has 4 nitrogen and oxygen atoms in total. The summed E-state index contributed by atoms with van der Waals surface area (Å²) < 4.78 is 2.39. The first-order chi connectivity index (χ1) is 9.00. The Labute approximate surface area is 116 Å². The molecule has 0 radical (unpaired) electrons. The van der Waals surface area contributed by atoms with Crippen molar-refractivity contribution in [3.8, 4) is 0 Å². The Bertz CT molecular complexity index is 435. The third-order valence-electron chi connectivity index (χ3n) is 4.49. The maximum absolute atomic E-state index is 9.55. The van der Waals surface area contributed by atoms with Gasteiger partial charge in [-0.15, -0.1) is 0 Å². The van der Waals surface area contributed by atoms with E-state index in [4.69, 9.17) is 4.98 Å². The first-order valence-corrected chi connectivity index (χ1v) is 7.37. The molecule has 1 aliphatic carbocycles. The van der Waals surface area contributed by atoms with Gasteiger partial charge in [0.05, 0.1) is 12.3 Å². The molecule has 1 aromatic rings. The van der Waals surface area contributed by atoms with Crippen LogP contribution in [-0.4, -0.2) is 33.9 Å². The van der Waals surface area contributed by atoms with Crippen molar-refractivity contribution in [2.45, 2.75) is 64.5 Å². The van der Waals surface area contributed by atoms with Gasteiger partial charge in [0, 0.05) is 17.3 Å². The minimum absolute atomic E-state index is 0.157. The average molecular weight is 265 g/mol. The van der Waals surface area contributed by atoms with Gasteiger partial charge in [0.1, 0.15) is 5.82 Å². The summed E-state index contributed by atoms with van der Waals surface area (Å²) in [6.07, 6.45) is 5.72. The van der Waals surface area contributed by atoms with Crippen molar-refractivity contribution in [1.82, 2.24) is 14.9 Å².